The van der Waals surface area contributed by atoms with Crippen LogP contribution < -0.4 is 20.3 Å². The maximum atomic E-state index is 13.3. The predicted octanol–water partition coefficient (Wildman–Crippen LogP) is 4.20. The molecule has 0 radical (unpaired) electrons. The van der Waals surface area contributed by atoms with Gasteiger partial charge in [-0.25, -0.2) is 13.4 Å². The number of sulfonamides is 1. The first-order valence-corrected chi connectivity index (χ1v) is 13.4. The molecule has 0 saturated heterocycles. The molecule has 6 nitrogen and oxygen atoms in total. The number of nitrogens with zero attached hydrogens (tertiary/aromatic N) is 1. The van der Waals surface area contributed by atoms with Crippen molar-refractivity contribution in [2.45, 2.75) is 33.9 Å². The molecule has 0 bridgehead atoms. The minimum Gasteiger partial charge on any atom is -0.506 e. The number of phenolic OH excluding ortho intramolecular Hbond substituents is 1. The van der Waals surface area contributed by atoms with Crippen LogP contribution in [0.1, 0.15) is 18.4 Å². The standard InChI is InChI=1S/C24H21N3O3S3/c1-14-17(25)9-6-12-22(14)33(29,30)27-19-13-21(23(28)16-8-3-2-7-15(16)19)32-24-26-18-10-4-5-11-20(18)31-24/h2-3,6-13,27-28H,4-5,25H2,1H3. The maximum Gasteiger partial charge on any atom is 0.262 e. The number of nitrogens with one attached hydrogen (secondary N) is 1. The first kappa shape index (κ1) is 21.8. The molecule has 5 rings (SSSR count). The van der Waals surface area contributed by atoms with E-state index in [1.165, 1.54) is 17.8 Å². The summed E-state index contributed by atoms with van der Waals surface area (Å²) >= 11 is 2.89. The van der Waals surface area contributed by atoms with Crippen LogP contribution in [0.15, 0.2) is 62.7 Å². The van der Waals surface area contributed by atoms with Gasteiger partial charge in [-0.15, -0.1) is 11.3 Å². The molecule has 0 aliphatic heterocycles. The van der Waals surface area contributed by atoms with E-state index >= 15 is 0 Å². The second kappa shape index (κ2) is 8.40. The number of hydrogen-bond donors (Lipinski definition) is 3. The smallest absolute Gasteiger partial charge is 0.262 e. The zero-order chi connectivity index (χ0) is 23.2. The summed E-state index contributed by atoms with van der Waals surface area (Å²) < 4.78 is 31.1. The number of hydrogen-bond acceptors (Lipinski definition) is 7. The number of thiazole rings is 1. The van der Waals surface area contributed by atoms with Crippen LogP contribution in [0.5, 0.6) is 5.75 Å². The van der Waals surface area contributed by atoms with Crippen molar-refractivity contribution in [3.05, 3.63) is 64.0 Å². The van der Waals surface area contributed by atoms with E-state index in [0.717, 1.165) is 27.1 Å². The Bertz CT molecular complexity index is 1590. The number of nitrogen functional groups attached to an aromatic ring is 1. The fraction of sp³-hybridized carbons (Fsp3) is 0.125. The van der Waals surface area contributed by atoms with Gasteiger partial charge < -0.3 is 10.8 Å². The Morgan fingerprint density at radius 1 is 1.09 bits per heavy atom. The number of rotatable bonds is 5. The number of anilines is 2. The third kappa shape index (κ3) is 4.07. The lowest BCUT2D eigenvalue weighted by Gasteiger charge is -2.16. The number of aromatic hydroxyl groups is 1. The Kier molecular flexibility index (Phi) is 5.55. The summed E-state index contributed by atoms with van der Waals surface area (Å²) in [4.78, 5) is 5.32. The molecule has 1 aromatic heterocycles. The number of nitrogens with two attached hydrogens (primary N) is 1. The molecular weight excluding hydrogens is 474 g/mol. The Morgan fingerprint density at radius 2 is 1.85 bits per heavy atom. The van der Waals surface area contributed by atoms with Crippen LogP contribution in [0, 0.1) is 6.92 Å². The molecule has 0 atom stereocenters. The summed E-state index contributed by atoms with van der Waals surface area (Å²) in [6.45, 7) is 1.68. The van der Waals surface area contributed by atoms with Crippen LogP contribution in [0.25, 0.3) is 22.9 Å². The largest absolute Gasteiger partial charge is 0.506 e. The van der Waals surface area contributed by atoms with Crippen molar-refractivity contribution in [1.82, 2.24) is 4.98 Å². The van der Waals surface area contributed by atoms with Gasteiger partial charge in [0.2, 0.25) is 0 Å². The molecule has 1 aliphatic rings. The van der Waals surface area contributed by atoms with Gasteiger partial charge in [-0.05, 0) is 43.5 Å². The Morgan fingerprint density at radius 3 is 2.64 bits per heavy atom. The van der Waals surface area contributed by atoms with E-state index in [4.69, 9.17) is 5.73 Å². The number of benzene rings is 3. The fourth-order valence-electron chi connectivity index (χ4n) is 3.81. The summed E-state index contributed by atoms with van der Waals surface area (Å²) in [6.07, 6.45) is 6.25. The maximum absolute atomic E-state index is 13.3. The molecule has 3 aromatic carbocycles. The van der Waals surface area contributed by atoms with Crippen molar-refractivity contribution in [3.63, 3.8) is 0 Å². The fourth-order valence-corrected chi connectivity index (χ4v) is 7.34. The van der Waals surface area contributed by atoms with Gasteiger partial charge in [-0.1, -0.05) is 54.2 Å². The minimum atomic E-state index is -3.91. The lowest BCUT2D eigenvalue weighted by atomic mass is 10.1. The summed E-state index contributed by atoms with van der Waals surface area (Å²) in [5.41, 5.74) is 7.21. The summed E-state index contributed by atoms with van der Waals surface area (Å²) in [6, 6.07) is 13.6. The van der Waals surface area contributed by atoms with Crippen LogP contribution in [-0.4, -0.2) is 18.5 Å². The van der Waals surface area contributed by atoms with Crippen molar-refractivity contribution in [2.75, 3.05) is 10.5 Å². The van der Waals surface area contributed by atoms with E-state index in [1.807, 2.05) is 6.07 Å². The molecule has 0 fully saturated rings. The lowest BCUT2D eigenvalue weighted by molar-refractivity contribution is 0.469. The quantitative estimate of drug-likeness (QED) is 0.283. The SMILES string of the molecule is Cc1c(N)cccc1S(=O)(=O)Nc1cc(Sc2nc3c(s2)=CCCC=3)c(O)c2ccccc12. The third-order valence-electron chi connectivity index (χ3n) is 5.53. The van der Waals surface area contributed by atoms with Crippen LogP contribution in [-0.2, 0) is 10.0 Å². The predicted molar refractivity (Wildman–Crippen MR) is 136 cm³/mol. The highest BCUT2D eigenvalue weighted by Crippen LogP contribution is 2.43. The molecule has 33 heavy (non-hydrogen) atoms. The zero-order valence-corrected chi connectivity index (χ0v) is 20.2. The van der Waals surface area contributed by atoms with Crippen LogP contribution in [0.4, 0.5) is 11.4 Å². The third-order valence-corrected chi connectivity index (χ3v) is 9.20. The van der Waals surface area contributed by atoms with Crippen LogP contribution in [0.3, 0.4) is 0 Å². The van der Waals surface area contributed by atoms with Crippen LogP contribution >= 0.6 is 23.1 Å². The summed E-state index contributed by atoms with van der Waals surface area (Å²) in [5.74, 6) is 0.0971. The zero-order valence-electron chi connectivity index (χ0n) is 17.7. The molecule has 1 aliphatic carbocycles. The second-order valence-corrected chi connectivity index (χ2v) is 11.7. The molecule has 0 spiro atoms. The monoisotopic (exact) mass is 495 g/mol. The van der Waals surface area contributed by atoms with E-state index in [-0.39, 0.29) is 10.6 Å². The van der Waals surface area contributed by atoms with Crippen molar-refractivity contribution in [2.24, 2.45) is 0 Å². The first-order chi connectivity index (χ1) is 15.8. The van der Waals surface area contributed by atoms with Gasteiger partial charge in [-0.3, -0.25) is 4.72 Å². The van der Waals surface area contributed by atoms with Crippen molar-refractivity contribution < 1.29 is 13.5 Å². The average molecular weight is 496 g/mol. The number of aromatic nitrogens is 1. The van der Waals surface area contributed by atoms with Gasteiger partial charge in [0.05, 0.1) is 25.4 Å². The minimum absolute atomic E-state index is 0.0971. The van der Waals surface area contributed by atoms with Gasteiger partial charge in [0.25, 0.3) is 10.0 Å². The van der Waals surface area contributed by atoms with E-state index in [0.29, 0.717) is 32.6 Å². The Balaban J connectivity index is 1.61. The molecule has 0 amide bonds. The Labute approximate surface area is 199 Å². The molecule has 168 valence electrons. The molecule has 0 unspecified atom stereocenters. The highest BCUT2D eigenvalue weighted by molar-refractivity contribution is 8.01. The van der Waals surface area contributed by atoms with E-state index < -0.39 is 10.0 Å². The molecule has 4 N–H and O–H groups in total. The lowest BCUT2D eigenvalue weighted by Crippen LogP contribution is -2.22. The van der Waals surface area contributed by atoms with Gasteiger partial charge in [0.15, 0.2) is 4.34 Å². The van der Waals surface area contributed by atoms with Crippen molar-refractivity contribution in [1.29, 1.82) is 0 Å². The van der Waals surface area contributed by atoms with Crippen molar-refractivity contribution in [3.8, 4) is 5.75 Å². The summed E-state index contributed by atoms with van der Waals surface area (Å²) in [7, 11) is -3.91. The first-order valence-electron chi connectivity index (χ1n) is 10.3. The molecule has 0 saturated carbocycles. The second-order valence-electron chi connectivity index (χ2n) is 7.71. The van der Waals surface area contributed by atoms with Gasteiger partial charge in [-0.2, -0.15) is 0 Å². The van der Waals surface area contributed by atoms with Crippen LogP contribution in [0.2, 0.25) is 0 Å². The van der Waals surface area contributed by atoms with Crippen molar-refractivity contribution >= 4 is 67.4 Å². The molecule has 1 heterocycles. The van der Waals surface area contributed by atoms with E-state index in [9.17, 15) is 13.5 Å². The molecule has 4 aromatic rings. The van der Waals surface area contributed by atoms with Gasteiger partial charge >= 0.3 is 0 Å². The summed E-state index contributed by atoms with van der Waals surface area (Å²) in [5, 5.41) is 13.1. The van der Waals surface area contributed by atoms with Gasteiger partial charge in [0, 0.05) is 16.5 Å². The number of phenols is 1. The van der Waals surface area contributed by atoms with E-state index in [1.54, 1.807) is 54.7 Å². The molecule has 9 heteroatoms. The van der Waals surface area contributed by atoms with Gasteiger partial charge in [0.1, 0.15) is 5.75 Å². The molecular formula is C24H21N3O3S3. The Hall–Kier alpha value is -3.01. The number of fused-ring (bicyclic) bond motifs is 2. The van der Waals surface area contributed by atoms with E-state index in [2.05, 4.69) is 21.9 Å². The topological polar surface area (TPSA) is 105 Å². The highest BCUT2D eigenvalue weighted by atomic mass is 32.2. The average Bonchev–Trinajstić information content (AvgIpc) is 3.21. The highest BCUT2D eigenvalue weighted by Gasteiger charge is 2.21. The normalized spacial score (nSPS) is 13.2.